The van der Waals surface area contributed by atoms with E-state index in [1.165, 1.54) is 27.8 Å². The fourth-order valence-corrected chi connectivity index (χ4v) is 4.77. The largest absolute Gasteiger partial charge is 0.353 e. The van der Waals surface area contributed by atoms with Gasteiger partial charge in [0.05, 0.1) is 17.1 Å². The number of H-pyrrole nitrogens is 1. The number of benzene rings is 2. The molecule has 33 heavy (non-hydrogen) atoms. The van der Waals surface area contributed by atoms with Gasteiger partial charge in [0.2, 0.25) is 5.91 Å². The molecule has 0 aliphatic heterocycles. The molecular weight excluding hydrogens is 428 g/mol. The Morgan fingerprint density at radius 3 is 2.70 bits per heavy atom. The Balaban J connectivity index is 1.28. The van der Waals surface area contributed by atoms with Gasteiger partial charge in [-0.1, -0.05) is 48.0 Å². The fourth-order valence-electron chi connectivity index (χ4n) is 4.03. The highest BCUT2D eigenvalue weighted by Gasteiger charge is 2.15. The van der Waals surface area contributed by atoms with Crippen LogP contribution in [0.3, 0.4) is 0 Å². The van der Waals surface area contributed by atoms with Crippen molar-refractivity contribution in [1.82, 2.24) is 15.0 Å². The van der Waals surface area contributed by atoms with Gasteiger partial charge in [-0.2, -0.15) is 0 Å². The third-order valence-corrected chi connectivity index (χ3v) is 6.39. The van der Waals surface area contributed by atoms with Gasteiger partial charge in [0.1, 0.15) is 0 Å². The molecule has 0 saturated carbocycles. The number of fused-ring (bicyclic) bond motifs is 1. The number of hydrogen-bond donors (Lipinski definition) is 2. The van der Waals surface area contributed by atoms with E-state index in [1.807, 2.05) is 53.9 Å². The summed E-state index contributed by atoms with van der Waals surface area (Å²) in [6.07, 6.45) is 3.76. The molecule has 0 fully saturated rings. The Morgan fingerprint density at radius 1 is 1.03 bits per heavy atom. The average molecular weight is 453 g/mol. The molecule has 6 heteroatoms. The maximum atomic E-state index is 12.6. The molecule has 0 aliphatic rings. The van der Waals surface area contributed by atoms with Crippen LogP contribution in [0.25, 0.3) is 33.5 Å². The molecular formula is C27H24N4OS. The highest BCUT2D eigenvalue weighted by atomic mass is 32.1. The number of carbonyl (C=O) groups excluding carboxylic acids is 1. The highest BCUT2D eigenvalue weighted by Crippen LogP contribution is 2.31. The van der Waals surface area contributed by atoms with Gasteiger partial charge in [-0.3, -0.25) is 9.78 Å². The molecule has 0 unspecified atom stereocenters. The maximum Gasteiger partial charge on any atom is 0.226 e. The summed E-state index contributed by atoms with van der Waals surface area (Å²) in [6, 6.07) is 22.3. The summed E-state index contributed by atoms with van der Waals surface area (Å²) >= 11 is 1.45. The molecule has 0 aliphatic carbocycles. The first-order valence-corrected chi connectivity index (χ1v) is 11.9. The maximum absolute atomic E-state index is 12.6. The summed E-state index contributed by atoms with van der Waals surface area (Å²) in [5.41, 5.74) is 7.39. The Morgan fingerprint density at radius 2 is 1.88 bits per heavy atom. The van der Waals surface area contributed by atoms with Crippen LogP contribution < -0.4 is 5.32 Å². The Bertz CT molecular complexity index is 1390. The number of amides is 1. The molecule has 0 spiro atoms. The number of thiazole rings is 1. The van der Waals surface area contributed by atoms with Crippen LogP contribution in [0.4, 0.5) is 5.13 Å². The third-order valence-electron chi connectivity index (χ3n) is 5.63. The van der Waals surface area contributed by atoms with Crippen molar-refractivity contribution in [2.24, 2.45) is 0 Å². The predicted octanol–water partition coefficient (Wildman–Crippen LogP) is 6.62. The fraction of sp³-hybridized carbons (Fsp3) is 0.148. The minimum atomic E-state index is -0.0145. The van der Waals surface area contributed by atoms with E-state index in [1.54, 1.807) is 6.20 Å². The number of nitrogens with zero attached hydrogens (tertiary/aromatic N) is 2. The van der Waals surface area contributed by atoms with Crippen LogP contribution in [0.15, 0.2) is 78.3 Å². The first-order valence-electron chi connectivity index (χ1n) is 11.0. The second-order valence-electron chi connectivity index (χ2n) is 8.05. The Hall–Kier alpha value is -3.77. The summed E-state index contributed by atoms with van der Waals surface area (Å²) in [4.78, 5) is 25.2. The van der Waals surface area contributed by atoms with Crippen molar-refractivity contribution in [1.29, 1.82) is 0 Å². The first kappa shape index (κ1) is 21.1. The lowest BCUT2D eigenvalue weighted by molar-refractivity contribution is -0.116. The topological polar surface area (TPSA) is 70.7 Å². The zero-order valence-electron chi connectivity index (χ0n) is 18.3. The second kappa shape index (κ2) is 9.38. The van der Waals surface area contributed by atoms with E-state index in [9.17, 15) is 4.79 Å². The number of nitrogens with one attached hydrogen (secondary N) is 2. The lowest BCUT2D eigenvalue weighted by Crippen LogP contribution is -2.11. The number of aromatic nitrogens is 3. The van der Waals surface area contributed by atoms with Gasteiger partial charge in [-0.15, -0.1) is 11.3 Å². The molecule has 0 radical (unpaired) electrons. The van der Waals surface area contributed by atoms with Crippen molar-refractivity contribution in [3.63, 3.8) is 0 Å². The van der Waals surface area contributed by atoms with Crippen LogP contribution in [0.5, 0.6) is 0 Å². The number of hydrogen-bond acceptors (Lipinski definition) is 4. The summed E-state index contributed by atoms with van der Waals surface area (Å²) < 4.78 is 0. The second-order valence-corrected chi connectivity index (χ2v) is 8.91. The van der Waals surface area contributed by atoms with Gasteiger partial charge >= 0.3 is 0 Å². The number of anilines is 1. The van der Waals surface area contributed by atoms with Gasteiger partial charge in [-0.25, -0.2) is 4.98 Å². The summed E-state index contributed by atoms with van der Waals surface area (Å²) in [5, 5.41) is 6.76. The van der Waals surface area contributed by atoms with Gasteiger partial charge in [-0.05, 0) is 49.6 Å². The van der Waals surface area contributed by atoms with Crippen LogP contribution in [0, 0.1) is 6.92 Å². The zero-order chi connectivity index (χ0) is 22.6. The molecule has 5 aromatic rings. The SMILES string of the molecule is Cc1ccc2[nH]c(-c3ccccn3)c(CCCC(=O)Nc3nc(-c4ccccc4)cs3)c2c1. The lowest BCUT2D eigenvalue weighted by atomic mass is 10.0. The minimum Gasteiger partial charge on any atom is -0.353 e. The normalized spacial score (nSPS) is 11.1. The van der Waals surface area contributed by atoms with Crippen LogP contribution >= 0.6 is 11.3 Å². The van der Waals surface area contributed by atoms with E-state index in [0.717, 1.165) is 41.0 Å². The van der Waals surface area contributed by atoms with Crippen LogP contribution in [-0.4, -0.2) is 20.9 Å². The molecule has 164 valence electrons. The monoisotopic (exact) mass is 452 g/mol. The average Bonchev–Trinajstić information content (AvgIpc) is 3.45. The van der Waals surface area contributed by atoms with Crippen molar-refractivity contribution in [3.8, 4) is 22.6 Å². The highest BCUT2D eigenvalue weighted by molar-refractivity contribution is 7.14. The van der Waals surface area contributed by atoms with Crippen molar-refractivity contribution < 1.29 is 4.79 Å². The smallest absolute Gasteiger partial charge is 0.226 e. The van der Waals surface area contributed by atoms with Crippen LogP contribution in [0.1, 0.15) is 24.0 Å². The number of pyridine rings is 1. The van der Waals surface area contributed by atoms with E-state index < -0.39 is 0 Å². The zero-order valence-corrected chi connectivity index (χ0v) is 19.2. The molecule has 5 nitrogen and oxygen atoms in total. The van der Waals surface area contributed by atoms with Gasteiger partial charge < -0.3 is 10.3 Å². The van der Waals surface area contributed by atoms with Crippen molar-refractivity contribution >= 4 is 33.3 Å². The van der Waals surface area contributed by atoms with Gasteiger partial charge in [0.25, 0.3) is 0 Å². The van der Waals surface area contributed by atoms with Crippen molar-refractivity contribution in [2.75, 3.05) is 5.32 Å². The van der Waals surface area contributed by atoms with Crippen molar-refractivity contribution in [2.45, 2.75) is 26.2 Å². The van der Waals surface area contributed by atoms with E-state index in [4.69, 9.17) is 0 Å². The molecule has 0 bridgehead atoms. The minimum absolute atomic E-state index is 0.0145. The number of aryl methyl sites for hydroxylation is 2. The molecule has 2 N–H and O–H groups in total. The molecule has 3 aromatic heterocycles. The summed E-state index contributed by atoms with van der Waals surface area (Å²) in [5.74, 6) is -0.0145. The molecule has 3 heterocycles. The van der Waals surface area contributed by atoms with Gasteiger partial charge in [0.15, 0.2) is 5.13 Å². The standard InChI is InChI=1S/C27H24N4OS/c1-18-13-14-22-21(16-18)20(26(29-22)23-11-5-6-15-28-23)10-7-12-25(32)31-27-30-24(17-33-27)19-8-3-2-4-9-19/h2-6,8-9,11,13-17,29H,7,10,12H2,1H3,(H,30,31,32). The number of carbonyl (C=O) groups is 1. The van der Waals surface area contributed by atoms with E-state index in [-0.39, 0.29) is 5.91 Å². The first-order chi connectivity index (χ1) is 16.2. The number of rotatable bonds is 7. The molecule has 0 saturated heterocycles. The number of aromatic amines is 1. The van der Waals surface area contributed by atoms with Gasteiger partial charge in [0, 0.05) is 34.5 Å². The van der Waals surface area contributed by atoms with Crippen molar-refractivity contribution in [3.05, 3.63) is 89.4 Å². The lowest BCUT2D eigenvalue weighted by Gasteiger charge is -2.06. The van der Waals surface area contributed by atoms with Crippen LogP contribution in [-0.2, 0) is 11.2 Å². The quantitative estimate of drug-likeness (QED) is 0.291. The Kier molecular flexibility index (Phi) is 6.00. The summed E-state index contributed by atoms with van der Waals surface area (Å²) in [7, 11) is 0. The molecule has 5 rings (SSSR count). The third kappa shape index (κ3) is 4.71. The van der Waals surface area contributed by atoms with E-state index in [2.05, 4.69) is 45.4 Å². The van der Waals surface area contributed by atoms with E-state index in [0.29, 0.717) is 11.6 Å². The predicted molar refractivity (Wildman–Crippen MR) is 135 cm³/mol. The Labute approximate surface area is 196 Å². The molecule has 0 atom stereocenters. The summed E-state index contributed by atoms with van der Waals surface area (Å²) in [6.45, 7) is 2.10. The van der Waals surface area contributed by atoms with Crippen LogP contribution in [0.2, 0.25) is 0 Å². The molecule has 1 amide bonds. The van der Waals surface area contributed by atoms with E-state index >= 15 is 0 Å². The molecule has 2 aromatic carbocycles.